The van der Waals surface area contributed by atoms with Crippen LogP contribution < -0.4 is 5.32 Å². The van der Waals surface area contributed by atoms with Crippen molar-refractivity contribution in [3.63, 3.8) is 0 Å². The summed E-state index contributed by atoms with van der Waals surface area (Å²) in [5.74, 6) is -1.74. The van der Waals surface area contributed by atoms with Crippen LogP contribution in [0.2, 0.25) is 0 Å². The minimum Gasteiger partial charge on any atom is -0.481 e. The van der Waals surface area contributed by atoms with Gasteiger partial charge < -0.3 is 20.4 Å². The number of hydrogen-bond acceptors (Lipinski definition) is 4. The van der Waals surface area contributed by atoms with Crippen molar-refractivity contribution in [2.24, 2.45) is 0 Å². The van der Waals surface area contributed by atoms with Gasteiger partial charge in [-0.3, -0.25) is 9.59 Å². The molecule has 0 aliphatic carbocycles. The first-order valence-electron chi connectivity index (χ1n) is 6.39. The molecule has 2 fully saturated rings. The maximum atomic E-state index is 12.0. The largest absolute Gasteiger partial charge is 0.481 e. The molecule has 19 heavy (non-hydrogen) atoms. The van der Waals surface area contributed by atoms with Gasteiger partial charge in [-0.2, -0.15) is 0 Å². The molecule has 2 aliphatic rings. The Morgan fingerprint density at radius 1 is 1.16 bits per heavy atom. The lowest BCUT2D eigenvalue weighted by Gasteiger charge is -2.24. The molecule has 0 bridgehead atoms. The zero-order valence-electron chi connectivity index (χ0n) is 11.0. The zero-order valence-corrected chi connectivity index (χ0v) is 11.0. The number of hydrogen-bond donors (Lipinski definition) is 3. The molecule has 7 nitrogen and oxygen atoms in total. The first kappa shape index (κ1) is 15.4. The van der Waals surface area contributed by atoms with Crippen molar-refractivity contribution < 1.29 is 24.6 Å². The maximum Gasteiger partial charge on any atom is 0.326 e. The van der Waals surface area contributed by atoms with Gasteiger partial charge in [-0.05, 0) is 32.2 Å². The fourth-order valence-electron chi connectivity index (χ4n) is 2.38. The van der Waals surface area contributed by atoms with Crippen LogP contribution in [0.4, 0.5) is 0 Å². The molecule has 1 amide bonds. The minimum absolute atomic E-state index is 0.0302. The summed E-state index contributed by atoms with van der Waals surface area (Å²) in [4.78, 5) is 33.4. The molecular weight excluding hydrogens is 252 g/mol. The van der Waals surface area contributed by atoms with E-state index in [0.717, 1.165) is 32.7 Å². The molecule has 2 heterocycles. The molecule has 0 saturated carbocycles. The van der Waals surface area contributed by atoms with Crippen molar-refractivity contribution in [3.05, 3.63) is 0 Å². The van der Waals surface area contributed by atoms with Gasteiger partial charge in [-0.15, -0.1) is 0 Å². The number of nitrogens with zero attached hydrogens (tertiary/aromatic N) is 1. The Kier molecular flexibility index (Phi) is 5.75. The number of carboxylic acid groups (broad SMARTS) is 2. The minimum atomic E-state index is -0.876. The second kappa shape index (κ2) is 7.08. The third kappa shape index (κ3) is 4.51. The fraction of sp³-hybridized carbons (Fsp3) is 0.750. The van der Waals surface area contributed by atoms with Crippen LogP contribution in [0.1, 0.15) is 32.6 Å². The van der Waals surface area contributed by atoms with Gasteiger partial charge in [0, 0.05) is 13.5 Å². The zero-order chi connectivity index (χ0) is 14.4. The first-order chi connectivity index (χ1) is 8.93. The number of nitrogens with one attached hydrogen (secondary N) is 1. The van der Waals surface area contributed by atoms with Gasteiger partial charge in [0.15, 0.2) is 0 Å². The molecule has 0 aromatic rings. The Hall–Kier alpha value is -1.63. The van der Waals surface area contributed by atoms with E-state index in [1.165, 1.54) is 4.90 Å². The Morgan fingerprint density at radius 2 is 1.79 bits per heavy atom. The summed E-state index contributed by atoms with van der Waals surface area (Å²) in [6.45, 7) is 2.54. The van der Waals surface area contributed by atoms with Crippen LogP contribution in [0.25, 0.3) is 0 Å². The highest BCUT2D eigenvalue weighted by molar-refractivity contribution is 5.87. The Bertz CT molecular complexity index is 348. The highest BCUT2D eigenvalue weighted by atomic mass is 16.4. The van der Waals surface area contributed by atoms with E-state index in [1.54, 1.807) is 0 Å². The summed E-state index contributed by atoms with van der Waals surface area (Å²) in [6.07, 6.45) is 3.23. The summed E-state index contributed by atoms with van der Waals surface area (Å²) in [7, 11) is 0. The fourth-order valence-corrected chi connectivity index (χ4v) is 2.38. The molecular formula is C12H20N2O5. The van der Waals surface area contributed by atoms with E-state index in [-0.39, 0.29) is 11.9 Å². The molecule has 0 radical (unpaired) electrons. The van der Waals surface area contributed by atoms with Crippen molar-refractivity contribution in [2.75, 3.05) is 13.1 Å². The molecule has 108 valence electrons. The molecule has 0 aromatic carbocycles. The molecule has 2 saturated heterocycles. The molecule has 0 unspecified atom stereocenters. The summed E-state index contributed by atoms with van der Waals surface area (Å²) in [5.41, 5.74) is 0. The molecule has 3 N–H and O–H groups in total. The predicted octanol–water partition coefficient (Wildman–Crippen LogP) is -0.0951. The van der Waals surface area contributed by atoms with Crippen molar-refractivity contribution in [2.45, 2.75) is 44.7 Å². The van der Waals surface area contributed by atoms with Crippen LogP contribution in [0.3, 0.4) is 0 Å². The number of carboxylic acids is 2. The van der Waals surface area contributed by atoms with Crippen LogP contribution in [0.15, 0.2) is 0 Å². The van der Waals surface area contributed by atoms with Crippen molar-refractivity contribution in [1.82, 2.24) is 10.2 Å². The second-order valence-electron chi connectivity index (χ2n) is 4.70. The quantitative estimate of drug-likeness (QED) is 0.648. The lowest BCUT2D eigenvalue weighted by atomic mass is 10.1. The SMILES string of the molecule is CC(=O)O.O=C(O)[C@@H]1CCCN1C(=O)[C@@H]1CCCN1. The summed E-state index contributed by atoms with van der Waals surface area (Å²) >= 11 is 0. The Morgan fingerprint density at radius 3 is 2.26 bits per heavy atom. The number of carbonyl (C=O) groups is 3. The standard InChI is InChI=1S/C10H16N2O3.C2H4O2/c13-9(7-3-1-5-11-7)12-6-2-4-8(12)10(14)15;1-2(3)4/h7-8,11H,1-6H2,(H,14,15);1H3,(H,3,4)/t7-,8-;/m0./s1. The normalized spacial score (nSPS) is 25.6. The molecule has 2 atom stereocenters. The van der Waals surface area contributed by atoms with Crippen molar-refractivity contribution in [3.8, 4) is 0 Å². The van der Waals surface area contributed by atoms with E-state index in [9.17, 15) is 9.59 Å². The summed E-state index contributed by atoms with van der Waals surface area (Å²) in [5, 5.41) is 19.5. The summed E-state index contributed by atoms with van der Waals surface area (Å²) in [6, 6.07) is -0.746. The van der Waals surface area contributed by atoms with E-state index in [0.29, 0.717) is 13.0 Å². The number of likely N-dealkylation sites (tertiary alicyclic amines) is 1. The maximum absolute atomic E-state index is 12.0. The topological polar surface area (TPSA) is 107 Å². The predicted molar refractivity (Wildman–Crippen MR) is 66.7 cm³/mol. The molecule has 0 aromatic heterocycles. The van der Waals surface area contributed by atoms with Crippen molar-refractivity contribution >= 4 is 17.8 Å². The van der Waals surface area contributed by atoms with Gasteiger partial charge in [0.05, 0.1) is 6.04 Å². The van der Waals surface area contributed by atoms with Crippen LogP contribution in [-0.2, 0) is 14.4 Å². The lowest BCUT2D eigenvalue weighted by Crippen LogP contribution is -2.48. The van der Waals surface area contributed by atoms with E-state index < -0.39 is 18.0 Å². The number of carbonyl (C=O) groups excluding carboxylic acids is 1. The van der Waals surface area contributed by atoms with Crippen LogP contribution in [0.5, 0.6) is 0 Å². The van der Waals surface area contributed by atoms with E-state index >= 15 is 0 Å². The highest BCUT2D eigenvalue weighted by Crippen LogP contribution is 2.20. The molecule has 2 aliphatic heterocycles. The average Bonchev–Trinajstić information content (AvgIpc) is 2.99. The number of aliphatic carboxylic acids is 2. The third-order valence-electron chi connectivity index (χ3n) is 3.18. The smallest absolute Gasteiger partial charge is 0.326 e. The molecule has 7 heteroatoms. The molecule has 0 spiro atoms. The summed E-state index contributed by atoms with van der Waals surface area (Å²) < 4.78 is 0. The van der Waals surface area contributed by atoms with Gasteiger partial charge in [0.2, 0.25) is 5.91 Å². The second-order valence-corrected chi connectivity index (χ2v) is 4.70. The van der Waals surface area contributed by atoms with Crippen molar-refractivity contribution in [1.29, 1.82) is 0 Å². The van der Waals surface area contributed by atoms with Gasteiger partial charge >= 0.3 is 5.97 Å². The lowest BCUT2D eigenvalue weighted by molar-refractivity contribution is -0.148. The third-order valence-corrected chi connectivity index (χ3v) is 3.18. The first-order valence-corrected chi connectivity index (χ1v) is 6.39. The molecule has 2 rings (SSSR count). The van der Waals surface area contributed by atoms with E-state index in [1.807, 2.05) is 0 Å². The van der Waals surface area contributed by atoms with E-state index in [4.69, 9.17) is 15.0 Å². The Balaban J connectivity index is 0.000000399. The van der Waals surface area contributed by atoms with Crippen LogP contribution in [0, 0.1) is 0 Å². The Labute approximate surface area is 111 Å². The number of rotatable bonds is 2. The van der Waals surface area contributed by atoms with Crippen LogP contribution >= 0.6 is 0 Å². The van der Waals surface area contributed by atoms with Gasteiger partial charge in [0.25, 0.3) is 5.97 Å². The van der Waals surface area contributed by atoms with Gasteiger partial charge in [-0.1, -0.05) is 0 Å². The monoisotopic (exact) mass is 272 g/mol. The van der Waals surface area contributed by atoms with Crippen LogP contribution in [-0.4, -0.2) is 58.1 Å². The highest BCUT2D eigenvalue weighted by Gasteiger charge is 2.37. The van der Waals surface area contributed by atoms with E-state index in [2.05, 4.69) is 5.32 Å². The van der Waals surface area contributed by atoms with Gasteiger partial charge in [0.1, 0.15) is 6.04 Å². The van der Waals surface area contributed by atoms with Gasteiger partial charge in [-0.25, -0.2) is 4.79 Å². The number of amides is 1. The average molecular weight is 272 g/mol.